The number of piperazine rings is 2. The van der Waals surface area contributed by atoms with Crippen LogP contribution in [0.5, 0.6) is 11.5 Å². The summed E-state index contributed by atoms with van der Waals surface area (Å²) < 4.78 is 17.8. The van der Waals surface area contributed by atoms with Gasteiger partial charge in [0.1, 0.15) is 17.5 Å². The van der Waals surface area contributed by atoms with Crippen molar-refractivity contribution in [1.29, 1.82) is 0 Å². The molecule has 6 rings (SSSR count). The second kappa shape index (κ2) is 16.1. The van der Waals surface area contributed by atoms with Gasteiger partial charge in [0.25, 0.3) is 11.8 Å². The monoisotopic (exact) mass is 723 g/mol. The van der Waals surface area contributed by atoms with Crippen LogP contribution in [0.25, 0.3) is 0 Å². The minimum atomic E-state index is -0.560. The molecule has 1 N–H and O–H groups in total. The number of hydrogen-bond acceptors (Lipinski definition) is 8. The number of halogens is 1. The molecule has 2 aromatic rings. The van der Waals surface area contributed by atoms with E-state index >= 15 is 0 Å². The van der Waals surface area contributed by atoms with Crippen LogP contribution in [0.15, 0.2) is 36.4 Å². The topological polar surface area (TPSA) is 121 Å². The van der Waals surface area contributed by atoms with Gasteiger partial charge in [-0.05, 0) is 75.4 Å². The molecule has 1 saturated carbocycles. The number of nitrogens with zero attached hydrogens (tertiary/aromatic N) is 4. The van der Waals surface area contributed by atoms with Gasteiger partial charge in [0.15, 0.2) is 5.75 Å². The Bertz CT molecular complexity index is 1590. The number of benzene rings is 2. The first-order valence-electron chi connectivity index (χ1n) is 18.3. The highest BCUT2D eigenvalue weighted by molar-refractivity contribution is 6.32. The molecule has 0 bridgehead atoms. The van der Waals surface area contributed by atoms with Crippen molar-refractivity contribution in [2.24, 2.45) is 0 Å². The zero-order chi connectivity index (χ0) is 36.1. The summed E-state index contributed by atoms with van der Waals surface area (Å²) in [5.41, 5.74) is 1.31. The summed E-state index contributed by atoms with van der Waals surface area (Å²) in [5.74, 6) is 0.743. The predicted molar refractivity (Wildman–Crippen MR) is 193 cm³/mol. The lowest BCUT2D eigenvalue weighted by Gasteiger charge is -2.35. The first-order chi connectivity index (χ1) is 24.5. The molecule has 4 fully saturated rings. The molecule has 0 aromatic heterocycles. The molecule has 276 valence electrons. The number of rotatable bonds is 6. The van der Waals surface area contributed by atoms with Crippen molar-refractivity contribution in [1.82, 2.24) is 24.9 Å². The van der Waals surface area contributed by atoms with Gasteiger partial charge in [-0.3, -0.25) is 9.59 Å². The number of carbonyl (C=O) groups excluding carboxylic acids is 4. The quantitative estimate of drug-likeness (QED) is 0.399. The van der Waals surface area contributed by atoms with Crippen LogP contribution in [-0.4, -0.2) is 121 Å². The van der Waals surface area contributed by atoms with E-state index < -0.39 is 11.7 Å². The zero-order valence-electron chi connectivity index (χ0n) is 30.0. The second-order valence-corrected chi connectivity index (χ2v) is 15.3. The summed E-state index contributed by atoms with van der Waals surface area (Å²) in [6, 6.07) is 10.6. The number of amides is 4. The van der Waals surface area contributed by atoms with Gasteiger partial charge in [-0.15, -0.1) is 0 Å². The summed E-state index contributed by atoms with van der Waals surface area (Å²) in [7, 11) is 0. The highest BCUT2D eigenvalue weighted by Crippen LogP contribution is 2.39. The Hall–Kier alpha value is -4.03. The Labute approximate surface area is 305 Å². The number of para-hydroxylation sites is 1. The third-order valence-electron chi connectivity index (χ3n) is 10.0. The summed E-state index contributed by atoms with van der Waals surface area (Å²) in [6.45, 7) is 10.4. The number of ether oxygens (including phenoxy) is 3. The van der Waals surface area contributed by atoms with E-state index in [1.807, 2.05) is 39.0 Å². The molecule has 3 saturated heterocycles. The minimum Gasteiger partial charge on any atom is -0.488 e. The van der Waals surface area contributed by atoms with E-state index in [1.54, 1.807) is 37.8 Å². The fraction of sp³-hybridized carbons (Fsp3) is 0.579. The van der Waals surface area contributed by atoms with Gasteiger partial charge in [0.2, 0.25) is 0 Å². The number of nitrogens with one attached hydrogen (secondary N) is 1. The molecule has 4 amide bonds. The lowest BCUT2D eigenvalue weighted by atomic mass is 9.83. The predicted octanol–water partition coefficient (Wildman–Crippen LogP) is 5.78. The lowest BCUT2D eigenvalue weighted by molar-refractivity contribution is 0.0275. The molecule has 12 nitrogen and oxygen atoms in total. The van der Waals surface area contributed by atoms with Crippen molar-refractivity contribution >= 4 is 35.6 Å². The Balaban J connectivity index is 1.10. The highest BCUT2D eigenvalue weighted by atomic mass is 35.5. The van der Waals surface area contributed by atoms with Gasteiger partial charge >= 0.3 is 12.2 Å². The molecule has 13 heteroatoms. The van der Waals surface area contributed by atoms with E-state index in [0.29, 0.717) is 83.3 Å². The van der Waals surface area contributed by atoms with Gasteiger partial charge in [-0.1, -0.05) is 36.9 Å². The maximum atomic E-state index is 13.9. The van der Waals surface area contributed by atoms with Crippen molar-refractivity contribution in [2.45, 2.75) is 76.9 Å². The van der Waals surface area contributed by atoms with E-state index in [0.717, 1.165) is 37.0 Å². The molecule has 0 spiro atoms. The SMILES string of the molecule is CC(C)(C)OC(=O)N1CC[C@H](Oc2ccc(C(=O)N3CCN(C(=O)c4cccc(Cl)c4OC(=O)N4CCNCC4)CC3)cc2C2CCCCC2)C1. The van der Waals surface area contributed by atoms with E-state index in [2.05, 4.69) is 5.32 Å². The molecule has 3 aliphatic heterocycles. The van der Waals surface area contributed by atoms with Crippen LogP contribution in [0.2, 0.25) is 5.02 Å². The highest BCUT2D eigenvalue weighted by Gasteiger charge is 2.33. The van der Waals surface area contributed by atoms with Crippen LogP contribution in [0.3, 0.4) is 0 Å². The Morgan fingerprint density at radius 3 is 2.14 bits per heavy atom. The Kier molecular flexibility index (Phi) is 11.6. The lowest BCUT2D eigenvalue weighted by Crippen LogP contribution is -2.50. The summed E-state index contributed by atoms with van der Waals surface area (Å²) in [4.78, 5) is 59.8. The number of likely N-dealkylation sites (tertiary alicyclic amines) is 1. The van der Waals surface area contributed by atoms with Crippen molar-refractivity contribution in [3.05, 3.63) is 58.1 Å². The minimum absolute atomic E-state index is 0.0545. The zero-order valence-corrected chi connectivity index (χ0v) is 30.7. The second-order valence-electron chi connectivity index (χ2n) is 14.8. The largest absolute Gasteiger partial charge is 0.488 e. The molecule has 51 heavy (non-hydrogen) atoms. The molecule has 0 unspecified atom stereocenters. The van der Waals surface area contributed by atoms with Gasteiger partial charge in [0.05, 0.1) is 17.1 Å². The fourth-order valence-corrected chi connectivity index (χ4v) is 7.48. The average Bonchev–Trinajstić information content (AvgIpc) is 3.61. The molecule has 4 aliphatic rings. The number of hydrogen-bond donors (Lipinski definition) is 1. The molecular formula is C38H50ClN5O7. The molecule has 3 heterocycles. The van der Waals surface area contributed by atoms with Crippen molar-refractivity contribution < 1.29 is 33.4 Å². The van der Waals surface area contributed by atoms with Crippen molar-refractivity contribution in [3.8, 4) is 11.5 Å². The van der Waals surface area contributed by atoms with E-state index in [1.165, 1.54) is 6.42 Å². The normalized spacial score (nSPS) is 20.3. The first-order valence-corrected chi connectivity index (χ1v) is 18.7. The number of carbonyl (C=O) groups is 4. The van der Waals surface area contributed by atoms with Crippen molar-refractivity contribution in [2.75, 3.05) is 65.4 Å². The van der Waals surface area contributed by atoms with Crippen LogP contribution in [0, 0.1) is 0 Å². The first kappa shape index (κ1) is 36.8. The smallest absolute Gasteiger partial charge is 0.415 e. The molecule has 1 atom stereocenters. The average molecular weight is 724 g/mol. The molecule has 0 radical (unpaired) electrons. The van der Waals surface area contributed by atoms with Gasteiger partial charge in [-0.25, -0.2) is 9.59 Å². The summed E-state index contributed by atoms with van der Waals surface area (Å²) >= 11 is 6.43. The molecule has 1 aliphatic carbocycles. The summed E-state index contributed by atoms with van der Waals surface area (Å²) in [6.07, 6.45) is 5.25. The van der Waals surface area contributed by atoms with Crippen LogP contribution in [-0.2, 0) is 4.74 Å². The van der Waals surface area contributed by atoms with Crippen LogP contribution in [0.4, 0.5) is 9.59 Å². The van der Waals surface area contributed by atoms with E-state index in [-0.39, 0.29) is 40.3 Å². The standard InChI is InChI=1S/C38H50ClN5O7/c1-38(2,3)51-37(48)44-17-14-28(25-44)49-32-13-12-27(24-30(32)26-8-5-4-6-9-26)34(45)41-20-22-42(23-21-41)35(46)29-10-7-11-31(39)33(29)50-36(47)43-18-15-40-16-19-43/h7,10-13,24,26,28,40H,4-6,8-9,14-23,25H2,1-3H3/t28-/m0/s1. The maximum absolute atomic E-state index is 13.9. The Morgan fingerprint density at radius 2 is 1.45 bits per heavy atom. The van der Waals surface area contributed by atoms with Crippen LogP contribution >= 0.6 is 11.6 Å². The van der Waals surface area contributed by atoms with Gasteiger partial charge in [0, 0.05) is 70.9 Å². The maximum Gasteiger partial charge on any atom is 0.415 e. The Morgan fingerprint density at radius 1 is 0.765 bits per heavy atom. The summed E-state index contributed by atoms with van der Waals surface area (Å²) in [5, 5.41) is 3.39. The van der Waals surface area contributed by atoms with Gasteiger partial charge in [-0.2, -0.15) is 0 Å². The third kappa shape index (κ3) is 9.07. The van der Waals surface area contributed by atoms with E-state index in [9.17, 15) is 19.2 Å². The van der Waals surface area contributed by atoms with Crippen LogP contribution in [0.1, 0.15) is 91.5 Å². The van der Waals surface area contributed by atoms with Crippen molar-refractivity contribution in [3.63, 3.8) is 0 Å². The van der Waals surface area contributed by atoms with Crippen LogP contribution < -0.4 is 14.8 Å². The van der Waals surface area contributed by atoms with E-state index in [4.69, 9.17) is 25.8 Å². The fourth-order valence-electron chi connectivity index (χ4n) is 7.26. The molecular weight excluding hydrogens is 674 g/mol. The van der Waals surface area contributed by atoms with Gasteiger partial charge < -0.3 is 39.1 Å². The third-order valence-corrected chi connectivity index (χ3v) is 10.3. The molecule has 2 aromatic carbocycles.